The lowest BCUT2D eigenvalue weighted by Crippen LogP contribution is -2.13. The number of anilines is 1. The molecule has 0 spiro atoms. The fourth-order valence-corrected chi connectivity index (χ4v) is 3.11. The first-order chi connectivity index (χ1) is 12.2. The SMILES string of the molecule is Cc1nn(CC(C)C)c(C)c1CCC(=O)Nc1ccc(C(=O)O)c(Cl)c1. The Labute approximate surface area is 158 Å². The van der Waals surface area contributed by atoms with Gasteiger partial charge in [-0.25, -0.2) is 4.79 Å². The highest BCUT2D eigenvalue weighted by Gasteiger charge is 2.15. The maximum atomic E-state index is 12.2. The molecule has 0 aliphatic heterocycles. The van der Waals surface area contributed by atoms with Gasteiger partial charge in [0.2, 0.25) is 5.91 Å². The monoisotopic (exact) mass is 377 g/mol. The Hall–Kier alpha value is -2.34. The predicted octanol–water partition coefficient (Wildman–Crippen LogP) is 4.08. The summed E-state index contributed by atoms with van der Waals surface area (Å²) in [5, 5.41) is 16.4. The van der Waals surface area contributed by atoms with Gasteiger partial charge in [-0.05, 0) is 49.9 Å². The molecule has 0 aliphatic carbocycles. The third-order valence-corrected chi connectivity index (χ3v) is 4.47. The number of nitrogens with one attached hydrogen (secondary N) is 1. The van der Waals surface area contributed by atoms with Crippen molar-refractivity contribution in [2.45, 2.75) is 47.1 Å². The maximum Gasteiger partial charge on any atom is 0.337 e. The van der Waals surface area contributed by atoms with Gasteiger partial charge in [0.05, 0.1) is 16.3 Å². The lowest BCUT2D eigenvalue weighted by atomic mass is 10.1. The van der Waals surface area contributed by atoms with Gasteiger partial charge in [0.1, 0.15) is 0 Å². The molecule has 2 N–H and O–H groups in total. The zero-order valence-electron chi connectivity index (χ0n) is 15.5. The fourth-order valence-electron chi connectivity index (χ4n) is 2.85. The molecule has 140 valence electrons. The quantitative estimate of drug-likeness (QED) is 0.761. The Kier molecular flexibility index (Phi) is 6.42. The average molecular weight is 378 g/mol. The van der Waals surface area contributed by atoms with Crippen LogP contribution in [0.3, 0.4) is 0 Å². The van der Waals surface area contributed by atoms with Crippen molar-refractivity contribution in [3.63, 3.8) is 0 Å². The van der Waals surface area contributed by atoms with Crippen LogP contribution in [-0.4, -0.2) is 26.8 Å². The number of aromatic nitrogens is 2. The molecule has 0 unspecified atom stereocenters. The summed E-state index contributed by atoms with van der Waals surface area (Å²) in [4.78, 5) is 23.2. The Balaban J connectivity index is 2.00. The highest BCUT2D eigenvalue weighted by Crippen LogP contribution is 2.22. The third kappa shape index (κ3) is 4.85. The first-order valence-corrected chi connectivity index (χ1v) is 8.92. The van der Waals surface area contributed by atoms with Crippen molar-refractivity contribution in [2.24, 2.45) is 5.92 Å². The Morgan fingerprint density at radius 3 is 2.58 bits per heavy atom. The van der Waals surface area contributed by atoms with Gasteiger partial charge in [-0.2, -0.15) is 5.10 Å². The molecule has 26 heavy (non-hydrogen) atoms. The molecule has 2 aromatic rings. The number of carbonyl (C=O) groups is 2. The lowest BCUT2D eigenvalue weighted by molar-refractivity contribution is -0.116. The second kappa shape index (κ2) is 8.36. The number of nitrogens with zero attached hydrogens (tertiary/aromatic N) is 2. The van der Waals surface area contributed by atoms with Crippen LogP contribution in [0, 0.1) is 19.8 Å². The molecular weight excluding hydrogens is 354 g/mol. The number of amides is 1. The van der Waals surface area contributed by atoms with E-state index in [-0.39, 0.29) is 16.5 Å². The largest absolute Gasteiger partial charge is 0.478 e. The normalized spacial score (nSPS) is 11.0. The van der Waals surface area contributed by atoms with Crippen molar-refractivity contribution in [1.82, 2.24) is 9.78 Å². The molecule has 1 amide bonds. The number of carboxylic acid groups (broad SMARTS) is 1. The van der Waals surface area contributed by atoms with Crippen molar-refractivity contribution in [2.75, 3.05) is 5.32 Å². The minimum atomic E-state index is -1.10. The van der Waals surface area contributed by atoms with Crippen LogP contribution < -0.4 is 5.32 Å². The van der Waals surface area contributed by atoms with Gasteiger partial charge in [-0.1, -0.05) is 25.4 Å². The number of aromatic carboxylic acids is 1. The number of benzene rings is 1. The third-order valence-electron chi connectivity index (χ3n) is 4.15. The van der Waals surface area contributed by atoms with E-state index in [1.807, 2.05) is 18.5 Å². The molecule has 0 saturated carbocycles. The first-order valence-electron chi connectivity index (χ1n) is 8.54. The summed E-state index contributed by atoms with van der Waals surface area (Å²) in [6.07, 6.45) is 0.913. The number of halogens is 1. The number of hydrogen-bond donors (Lipinski definition) is 2. The summed E-state index contributed by atoms with van der Waals surface area (Å²) in [7, 11) is 0. The average Bonchev–Trinajstić information content (AvgIpc) is 2.78. The van der Waals surface area contributed by atoms with Crippen molar-refractivity contribution >= 4 is 29.2 Å². The van der Waals surface area contributed by atoms with Gasteiger partial charge in [0, 0.05) is 24.3 Å². The van der Waals surface area contributed by atoms with Crippen molar-refractivity contribution in [3.05, 3.63) is 45.7 Å². The van der Waals surface area contributed by atoms with E-state index in [9.17, 15) is 9.59 Å². The van der Waals surface area contributed by atoms with Crippen LogP contribution in [0.1, 0.15) is 47.6 Å². The summed E-state index contributed by atoms with van der Waals surface area (Å²) in [5.74, 6) is -0.751. The van der Waals surface area contributed by atoms with Crippen LogP contribution in [0.2, 0.25) is 5.02 Å². The highest BCUT2D eigenvalue weighted by molar-refractivity contribution is 6.33. The molecule has 1 heterocycles. The Morgan fingerprint density at radius 2 is 2.00 bits per heavy atom. The van der Waals surface area contributed by atoms with Crippen LogP contribution in [0.25, 0.3) is 0 Å². The first kappa shape index (κ1) is 20.0. The second-order valence-electron chi connectivity index (χ2n) is 6.77. The molecular formula is C19H24ClN3O3. The number of aryl methyl sites for hydroxylation is 1. The summed E-state index contributed by atoms with van der Waals surface area (Å²) in [6.45, 7) is 9.13. The molecule has 0 radical (unpaired) electrons. The molecule has 0 atom stereocenters. The van der Waals surface area contributed by atoms with Crippen LogP contribution in [0.4, 0.5) is 5.69 Å². The molecule has 0 aliphatic rings. The molecule has 7 heteroatoms. The Morgan fingerprint density at radius 1 is 1.31 bits per heavy atom. The van der Waals surface area contributed by atoms with Gasteiger partial charge in [-0.3, -0.25) is 9.48 Å². The van der Waals surface area contributed by atoms with Crippen molar-refractivity contribution in [1.29, 1.82) is 0 Å². The van der Waals surface area contributed by atoms with E-state index in [2.05, 4.69) is 24.3 Å². The van der Waals surface area contributed by atoms with Crippen LogP contribution in [-0.2, 0) is 17.8 Å². The summed E-state index contributed by atoms with van der Waals surface area (Å²) in [6, 6.07) is 4.36. The van der Waals surface area contributed by atoms with E-state index in [1.165, 1.54) is 18.2 Å². The zero-order chi connectivity index (χ0) is 19.4. The topological polar surface area (TPSA) is 84.2 Å². The molecule has 6 nitrogen and oxygen atoms in total. The van der Waals surface area contributed by atoms with Gasteiger partial charge in [0.25, 0.3) is 0 Å². The number of carboxylic acids is 1. The zero-order valence-corrected chi connectivity index (χ0v) is 16.2. The molecule has 1 aromatic carbocycles. The second-order valence-corrected chi connectivity index (χ2v) is 7.18. The van der Waals surface area contributed by atoms with E-state index in [1.54, 1.807) is 0 Å². The number of carbonyl (C=O) groups excluding carboxylic acids is 1. The maximum absolute atomic E-state index is 12.2. The van der Waals surface area contributed by atoms with Crippen molar-refractivity contribution < 1.29 is 14.7 Å². The van der Waals surface area contributed by atoms with Crippen molar-refractivity contribution in [3.8, 4) is 0 Å². The summed E-state index contributed by atoms with van der Waals surface area (Å²) < 4.78 is 2.00. The van der Waals surface area contributed by atoms with Crippen LogP contribution in [0.15, 0.2) is 18.2 Å². The predicted molar refractivity (Wildman–Crippen MR) is 102 cm³/mol. The molecule has 2 rings (SSSR count). The van der Waals surface area contributed by atoms with E-state index in [0.29, 0.717) is 24.4 Å². The van der Waals surface area contributed by atoms with Gasteiger partial charge < -0.3 is 10.4 Å². The Bertz CT molecular complexity index is 828. The van der Waals surface area contributed by atoms with Gasteiger partial charge >= 0.3 is 5.97 Å². The van der Waals surface area contributed by atoms with Crippen LogP contribution in [0.5, 0.6) is 0 Å². The van der Waals surface area contributed by atoms with E-state index in [0.717, 1.165) is 23.5 Å². The number of hydrogen-bond acceptors (Lipinski definition) is 3. The molecule has 0 bridgehead atoms. The lowest BCUT2D eigenvalue weighted by Gasteiger charge is -2.09. The minimum Gasteiger partial charge on any atom is -0.478 e. The number of rotatable bonds is 7. The minimum absolute atomic E-state index is 0.00785. The van der Waals surface area contributed by atoms with E-state index in [4.69, 9.17) is 16.7 Å². The van der Waals surface area contributed by atoms with Gasteiger partial charge in [-0.15, -0.1) is 0 Å². The summed E-state index contributed by atoms with van der Waals surface area (Å²) >= 11 is 5.92. The highest BCUT2D eigenvalue weighted by atomic mass is 35.5. The van der Waals surface area contributed by atoms with E-state index >= 15 is 0 Å². The molecule has 0 fully saturated rings. The smallest absolute Gasteiger partial charge is 0.337 e. The molecule has 1 aromatic heterocycles. The molecule has 0 saturated heterocycles. The fraction of sp³-hybridized carbons (Fsp3) is 0.421. The van der Waals surface area contributed by atoms with Gasteiger partial charge in [0.15, 0.2) is 0 Å². The standard InChI is InChI=1S/C19H24ClN3O3/c1-11(2)10-23-13(4)15(12(3)22-23)7-8-18(24)21-14-5-6-16(19(25)26)17(20)9-14/h5-6,9,11H,7-8,10H2,1-4H3,(H,21,24)(H,25,26). The van der Waals surface area contributed by atoms with Crippen LogP contribution >= 0.6 is 11.6 Å². The summed E-state index contributed by atoms with van der Waals surface area (Å²) in [5.41, 5.74) is 3.63. The van der Waals surface area contributed by atoms with E-state index < -0.39 is 5.97 Å².